The van der Waals surface area contributed by atoms with Gasteiger partial charge in [0.15, 0.2) is 12.4 Å². The Morgan fingerprint density at radius 1 is 0.516 bits per heavy atom. The predicted octanol–water partition coefficient (Wildman–Crippen LogP) is 11.8. The third-order valence-electron chi connectivity index (χ3n) is 12.3. The fourth-order valence-corrected chi connectivity index (χ4v) is 8.95. The molecule has 1 aliphatic rings. The number of allylic oxidation sites excluding steroid dienone is 2. The van der Waals surface area contributed by atoms with Gasteiger partial charge in [-0.2, -0.15) is 8.42 Å². The van der Waals surface area contributed by atoms with Gasteiger partial charge in [-0.3, -0.25) is 14.1 Å². The Kier molecular flexibility index (Phi) is 39.2. The zero-order valence-electron chi connectivity index (χ0n) is 40.7. The van der Waals surface area contributed by atoms with Gasteiger partial charge in [0.2, 0.25) is 0 Å². The first-order valence-electron chi connectivity index (χ1n) is 26.2. The highest BCUT2D eigenvalue weighted by atomic mass is 32.2. The van der Waals surface area contributed by atoms with E-state index in [4.69, 9.17) is 18.9 Å². The SMILES string of the molecule is CCCCCC/C=C/CCCCCCCCCC(=O)OC[C@H](CO[C@H]1O[C@H](CS(=O)(=O)O)[C@@H](O)C(O)C1O)OC(=O)CCCCCCCCCCCCCCCCCCCCCCC. The van der Waals surface area contributed by atoms with Crippen LogP contribution in [0.15, 0.2) is 12.2 Å². The first-order chi connectivity index (χ1) is 31.0. The molecule has 4 N–H and O–H groups in total. The van der Waals surface area contributed by atoms with Crippen molar-refractivity contribution in [2.24, 2.45) is 0 Å². The molecule has 13 heteroatoms. The minimum Gasteiger partial charge on any atom is -0.462 e. The quantitative estimate of drug-likeness (QED) is 0.0196. The second-order valence-corrected chi connectivity index (χ2v) is 20.0. The summed E-state index contributed by atoms with van der Waals surface area (Å²) < 4.78 is 54.2. The minimum absolute atomic E-state index is 0.170. The first kappa shape index (κ1) is 60.4. The van der Waals surface area contributed by atoms with Crippen LogP contribution < -0.4 is 0 Å². The van der Waals surface area contributed by atoms with E-state index in [0.717, 1.165) is 44.9 Å². The van der Waals surface area contributed by atoms with E-state index in [2.05, 4.69) is 26.0 Å². The standard InChI is InChI=1S/C51H96O12S/c1-3-5-7-9-11-13-15-17-19-20-21-22-23-24-26-28-30-32-34-36-38-40-47(53)62-44(42-61-51-50(56)49(55)48(54)45(63-51)43-64(57,58)59)41-60-46(52)39-37-35-33-31-29-27-25-18-16-14-12-10-8-6-4-2/h14,16,44-45,48-51,54-56H,3-13,15,17-43H2,1-2H3,(H,57,58,59)/b16-14+/t44-,45-,48-,49?,50?,51+/m1/s1. The Hall–Kier alpha value is -1.61. The molecule has 64 heavy (non-hydrogen) atoms. The summed E-state index contributed by atoms with van der Waals surface area (Å²) in [5.74, 6) is -1.97. The molecular weight excluding hydrogens is 837 g/mol. The maximum absolute atomic E-state index is 12.9. The number of aliphatic hydroxyl groups is 3. The second kappa shape index (κ2) is 41.6. The number of aliphatic hydroxyl groups excluding tert-OH is 3. The number of carbonyl (C=O) groups is 2. The van der Waals surface area contributed by atoms with Gasteiger partial charge in [-0.05, 0) is 38.5 Å². The fourth-order valence-electron chi connectivity index (χ4n) is 8.26. The van der Waals surface area contributed by atoms with E-state index in [-0.39, 0.29) is 19.4 Å². The zero-order chi connectivity index (χ0) is 46.9. The van der Waals surface area contributed by atoms with Crippen LogP contribution in [0.4, 0.5) is 0 Å². The lowest BCUT2D eigenvalue weighted by Crippen LogP contribution is -2.60. The smallest absolute Gasteiger partial charge is 0.306 e. The largest absolute Gasteiger partial charge is 0.462 e. The van der Waals surface area contributed by atoms with Crippen molar-refractivity contribution in [1.82, 2.24) is 0 Å². The van der Waals surface area contributed by atoms with Gasteiger partial charge in [0.25, 0.3) is 10.1 Å². The Balaban J connectivity index is 2.34. The Bertz CT molecular complexity index is 1230. The van der Waals surface area contributed by atoms with E-state index in [1.807, 2.05) is 0 Å². The highest BCUT2D eigenvalue weighted by Gasteiger charge is 2.46. The normalized spacial score (nSPS) is 19.6. The van der Waals surface area contributed by atoms with Gasteiger partial charge in [-0.1, -0.05) is 206 Å². The van der Waals surface area contributed by atoms with Gasteiger partial charge in [0.1, 0.15) is 36.8 Å². The topological polar surface area (TPSA) is 186 Å². The molecule has 0 amide bonds. The molecule has 1 heterocycles. The van der Waals surface area contributed by atoms with Crippen LogP contribution in [0.2, 0.25) is 0 Å². The summed E-state index contributed by atoms with van der Waals surface area (Å²) >= 11 is 0. The summed E-state index contributed by atoms with van der Waals surface area (Å²) in [5.41, 5.74) is 0. The van der Waals surface area contributed by atoms with E-state index in [1.165, 1.54) is 161 Å². The Labute approximate surface area is 390 Å². The maximum Gasteiger partial charge on any atom is 0.306 e. The van der Waals surface area contributed by atoms with E-state index in [0.29, 0.717) is 12.8 Å². The molecule has 0 radical (unpaired) electrons. The van der Waals surface area contributed by atoms with Gasteiger partial charge < -0.3 is 34.3 Å². The number of unbranched alkanes of at least 4 members (excludes halogenated alkanes) is 31. The van der Waals surface area contributed by atoms with Crippen molar-refractivity contribution in [3.8, 4) is 0 Å². The highest BCUT2D eigenvalue weighted by molar-refractivity contribution is 7.85. The molecule has 1 aliphatic heterocycles. The molecule has 1 rings (SSSR count). The second-order valence-electron chi connectivity index (χ2n) is 18.5. The number of ether oxygens (including phenoxy) is 4. The summed E-state index contributed by atoms with van der Waals surface area (Å²) in [6.07, 6.45) is 36.8. The lowest BCUT2D eigenvalue weighted by molar-refractivity contribution is -0.297. The van der Waals surface area contributed by atoms with Crippen molar-refractivity contribution in [1.29, 1.82) is 0 Å². The molecule has 1 saturated heterocycles. The van der Waals surface area contributed by atoms with Crippen LogP contribution in [-0.2, 0) is 38.7 Å². The van der Waals surface area contributed by atoms with Gasteiger partial charge >= 0.3 is 11.9 Å². The van der Waals surface area contributed by atoms with Crippen molar-refractivity contribution in [2.75, 3.05) is 19.0 Å². The molecule has 0 bridgehead atoms. The summed E-state index contributed by atoms with van der Waals surface area (Å²) in [7, 11) is -4.60. The van der Waals surface area contributed by atoms with Crippen molar-refractivity contribution in [3.05, 3.63) is 12.2 Å². The molecule has 12 nitrogen and oxygen atoms in total. The number of hydrogen-bond acceptors (Lipinski definition) is 11. The Morgan fingerprint density at radius 2 is 0.891 bits per heavy atom. The van der Waals surface area contributed by atoms with Gasteiger partial charge in [0.05, 0.1) is 6.61 Å². The number of carbonyl (C=O) groups excluding carboxylic acids is 2. The van der Waals surface area contributed by atoms with Crippen LogP contribution in [0.3, 0.4) is 0 Å². The third-order valence-corrected chi connectivity index (χ3v) is 13.1. The van der Waals surface area contributed by atoms with E-state index in [1.54, 1.807) is 0 Å². The number of esters is 2. The van der Waals surface area contributed by atoms with Crippen LogP contribution in [-0.4, -0.2) is 96.0 Å². The molecular formula is C51H96O12S. The van der Waals surface area contributed by atoms with E-state index < -0.39 is 71.2 Å². The molecule has 2 unspecified atom stereocenters. The molecule has 0 aromatic heterocycles. The van der Waals surface area contributed by atoms with Crippen LogP contribution >= 0.6 is 0 Å². The minimum atomic E-state index is -4.60. The van der Waals surface area contributed by atoms with Crippen molar-refractivity contribution >= 4 is 22.1 Å². The molecule has 0 aromatic rings. The highest BCUT2D eigenvalue weighted by Crippen LogP contribution is 2.24. The van der Waals surface area contributed by atoms with Crippen LogP contribution in [0.1, 0.15) is 245 Å². The maximum atomic E-state index is 12.9. The van der Waals surface area contributed by atoms with Crippen LogP contribution in [0, 0.1) is 0 Å². The van der Waals surface area contributed by atoms with E-state index in [9.17, 15) is 37.9 Å². The van der Waals surface area contributed by atoms with Gasteiger partial charge in [-0.25, -0.2) is 0 Å². The summed E-state index contributed by atoms with van der Waals surface area (Å²) in [6.45, 7) is 3.79. The van der Waals surface area contributed by atoms with Gasteiger partial charge in [0, 0.05) is 12.8 Å². The first-order valence-corrected chi connectivity index (χ1v) is 27.9. The summed E-state index contributed by atoms with van der Waals surface area (Å²) in [6, 6.07) is 0. The lowest BCUT2D eigenvalue weighted by atomic mass is 10.00. The summed E-state index contributed by atoms with van der Waals surface area (Å²) in [4.78, 5) is 25.5. The average molecular weight is 933 g/mol. The Morgan fingerprint density at radius 3 is 1.31 bits per heavy atom. The van der Waals surface area contributed by atoms with Crippen molar-refractivity contribution in [2.45, 2.75) is 282 Å². The number of hydrogen-bond donors (Lipinski definition) is 4. The van der Waals surface area contributed by atoms with Crippen LogP contribution in [0.25, 0.3) is 0 Å². The van der Waals surface area contributed by atoms with Gasteiger partial charge in [-0.15, -0.1) is 0 Å². The molecule has 0 aromatic carbocycles. The zero-order valence-corrected chi connectivity index (χ0v) is 41.5. The van der Waals surface area contributed by atoms with Crippen LogP contribution in [0.5, 0.6) is 0 Å². The monoisotopic (exact) mass is 933 g/mol. The molecule has 0 aliphatic carbocycles. The molecule has 0 saturated carbocycles. The molecule has 6 atom stereocenters. The lowest BCUT2D eigenvalue weighted by Gasteiger charge is -2.40. The van der Waals surface area contributed by atoms with Crippen molar-refractivity contribution in [3.63, 3.8) is 0 Å². The predicted molar refractivity (Wildman–Crippen MR) is 257 cm³/mol. The average Bonchev–Trinajstić information content (AvgIpc) is 3.26. The fraction of sp³-hybridized carbons (Fsp3) is 0.922. The third kappa shape index (κ3) is 35.6. The molecule has 1 fully saturated rings. The molecule has 378 valence electrons. The number of rotatable bonds is 45. The van der Waals surface area contributed by atoms with Crippen molar-refractivity contribution < 1.29 is 56.8 Å². The molecule has 0 spiro atoms. The summed E-state index contributed by atoms with van der Waals surface area (Å²) in [5, 5.41) is 31.0. The van der Waals surface area contributed by atoms with E-state index >= 15 is 0 Å².